The molecule has 0 amide bonds. The molecule has 0 heterocycles. The summed E-state index contributed by atoms with van der Waals surface area (Å²) in [6.07, 6.45) is 3.47. The van der Waals surface area contributed by atoms with Crippen molar-refractivity contribution in [3.05, 3.63) is 131 Å². The van der Waals surface area contributed by atoms with Crippen LogP contribution in [0.2, 0.25) is 0 Å². The first-order valence-electron chi connectivity index (χ1n) is 9.69. The molecule has 0 radical (unpaired) electrons. The van der Waals surface area contributed by atoms with E-state index in [1.807, 2.05) is 78.9 Å². The van der Waals surface area contributed by atoms with E-state index >= 15 is 0 Å². The Labute approximate surface area is 185 Å². The lowest BCUT2D eigenvalue weighted by Gasteiger charge is -2.25. The quantitative estimate of drug-likeness (QED) is 0.219. The smallest absolute Gasteiger partial charge is 0.185 e. The van der Waals surface area contributed by atoms with Crippen molar-refractivity contribution in [1.82, 2.24) is 0 Å². The van der Waals surface area contributed by atoms with Gasteiger partial charge in [-0.25, -0.2) is 0 Å². The molecule has 4 aromatic rings. The van der Waals surface area contributed by atoms with Crippen molar-refractivity contribution in [2.75, 3.05) is 4.90 Å². The van der Waals surface area contributed by atoms with Crippen LogP contribution in [-0.2, 0) is 0 Å². The van der Waals surface area contributed by atoms with Gasteiger partial charge in [0.05, 0.1) is 0 Å². The highest BCUT2D eigenvalue weighted by Gasteiger charge is 2.11. The zero-order valence-electron chi connectivity index (χ0n) is 16.3. The van der Waals surface area contributed by atoms with Crippen LogP contribution in [0, 0.1) is 0 Å². The molecule has 0 N–H and O–H groups in total. The molecule has 0 aromatic heterocycles. The highest BCUT2D eigenvalue weighted by Crippen LogP contribution is 2.34. The van der Waals surface area contributed by atoms with E-state index in [9.17, 15) is 4.79 Å². The molecule has 0 unspecified atom stereocenters. The Bertz CT molecular complexity index is 1100. The molecule has 0 fully saturated rings. The molecule has 30 heavy (non-hydrogen) atoms. The second-order valence-corrected chi connectivity index (χ2v) is 7.72. The Morgan fingerprint density at radius 3 is 1.67 bits per heavy atom. The SMILES string of the molecule is O=C(/C=C/c1ccc(N(c2ccccc2)c2ccccc2)cc1)c1ccc(Br)cc1. The lowest BCUT2D eigenvalue weighted by atomic mass is 10.1. The monoisotopic (exact) mass is 453 g/mol. The zero-order chi connectivity index (χ0) is 20.8. The van der Waals surface area contributed by atoms with E-state index in [1.54, 1.807) is 6.08 Å². The van der Waals surface area contributed by atoms with Crippen molar-refractivity contribution in [3.63, 3.8) is 0 Å². The number of allylic oxidation sites excluding steroid dienone is 1. The van der Waals surface area contributed by atoms with Crippen LogP contribution in [-0.4, -0.2) is 5.78 Å². The second kappa shape index (κ2) is 9.38. The predicted octanol–water partition coefficient (Wildman–Crippen LogP) is 7.82. The number of carbonyl (C=O) groups is 1. The number of ketones is 1. The Kier molecular flexibility index (Phi) is 6.21. The second-order valence-electron chi connectivity index (χ2n) is 6.80. The van der Waals surface area contributed by atoms with E-state index in [1.165, 1.54) is 0 Å². The molecule has 4 rings (SSSR count). The van der Waals surface area contributed by atoms with E-state index < -0.39 is 0 Å². The maximum atomic E-state index is 12.4. The Balaban J connectivity index is 1.58. The highest BCUT2D eigenvalue weighted by atomic mass is 79.9. The first kappa shape index (κ1) is 19.9. The number of carbonyl (C=O) groups excluding carboxylic acids is 1. The molecule has 0 spiro atoms. The van der Waals surface area contributed by atoms with Gasteiger partial charge in [0, 0.05) is 27.1 Å². The Morgan fingerprint density at radius 1 is 0.633 bits per heavy atom. The molecular formula is C27H20BrNO. The molecule has 0 bridgehead atoms. The average molecular weight is 454 g/mol. The van der Waals surface area contributed by atoms with Crippen LogP contribution in [0.3, 0.4) is 0 Å². The van der Waals surface area contributed by atoms with Crippen molar-refractivity contribution < 1.29 is 4.79 Å². The van der Waals surface area contributed by atoms with Crippen molar-refractivity contribution in [2.45, 2.75) is 0 Å². The topological polar surface area (TPSA) is 20.3 Å². The average Bonchev–Trinajstić information content (AvgIpc) is 2.80. The van der Waals surface area contributed by atoms with Crippen LogP contribution in [0.1, 0.15) is 15.9 Å². The normalized spacial score (nSPS) is 10.8. The predicted molar refractivity (Wildman–Crippen MR) is 129 cm³/mol. The number of hydrogen-bond acceptors (Lipinski definition) is 2. The van der Waals surface area contributed by atoms with Crippen molar-refractivity contribution in [2.24, 2.45) is 0 Å². The minimum Gasteiger partial charge on any atom is -0.311 e. The van der Waals surface area contributed by atoms with Gasteiger partial charge in [-0.15, -0.1) is 0 Å². The lowest BCUT2D eigenvalue weighted by Crippen LogP contribution is -2.09. The standard InChI is InChI=1S/C27H20BrNO/c28-23-16-14-22(15-17-23)27(30)20-13-21-11-18-26(19-12-21)29(24-7-3-1-4-8-24)25-9-5-2-6-10-25/h1-20H/b20-13+. The number of nitrogens with zero attached hydrogens (tertiary/aromatic N) is 1. The van der Waals surface area contributed by atoms with Crippen molar-refractivity contribution in [3.8, 4) is 0 Å². The molecule has 0 aliphatic rings. The summed E-state index contributed by atoms with van der Waals surface area (Å²) in [7, 11) is 0. The number of halogens is 1. The summed E-state index contributed by atoms with van der Waals surface area (Å²) in [4.78, 5) is 14.6. The molecule has 3 heteroatoms. The van der Waals surface area contributed by atoms with Gasteiger partial charge < -0.3 is 4.90 Å². The molecule has 0 saturated heterocycles. The highest BCUT2D eigenvalue weighted by molar-refractivity contribution is 9.10. The van der Waals surface area contributed by atoms with E-state index in [0.29, 0.717) is 5.56 Å². The molecule has 0 aliphatic heterocycles. The molecule has 2 nitrogen and oxygen atoms in total. The van der Waals surface area contributed by atoms with Crippen LogP contribution in [0.5, 0.6) is 0 Å². The Hall–Kier alpha value is -3.43. The summed E-state index contributed by atoms with van der Waals surface area (Å²) in [5.74, 6) is -0.0122. The maximum Gasteiger partial charge on any atom is 0.185 e. The van der Waals surface area contributed by atoms with Crippen molar-refractivity contribution >= 4 is 44.9 Å². The largest absolute Gasteiger partial charge is 0.311 e. The van der Waals surface area contributed by atoms with Gasteiger partial charge in [-0.3, -0.25) is 4.79 Å². The molecule has 0 atom stereocenters. The van der Waals surface area contributed by atoms with E-state index in [2.05, 4.69) is 57.2 Å². The molecule has 0 aliphatic carbocycles. The fourth-order valence-electron chi connectivity index (χ4n) is 3.22. The third kappa shape index (κ3) is 4.76. The van der Waals surface area contributed by atoms with Crippen LogP contribution in [0.4, 0.5) is 17.1 Å². The lowest BCUT2D eigenvalue weighted by molar-refractivity contribution is 0.104. The van der Waals surface area contributed by atoms with E-state index in [4.69, 9.17) is 0 Å². The summed E-state index contributed by atoms with van der Waals surface area (Å²) in [5.41, 5.74) is 4.90. The van der Waals surface area contributed by atoms with Gasteiger partial charge in [-0.1, -0.05) is 70.5 Å². The number of rotatable bonds is 6. The van der Waals surface area contributed by atoms with Crippen molar-refractivity contribution in [1.29, 1.82) is 0 Å². The van der Waals surface area contributed by atoms with E-state index in [0.717, 1.165) is 27.1 Å². The first-order valence-corrected chi connectivity index (χ1v) is 10.5. The van der Waals surface area contributed by atoms with Crippen LogP contribution in [0.25, 0.3) is 6.08 Å². The summed E-state index contributed by atoms with van der Waals surface area (Å²) in [6.45, 7) is 0. The van der Waals surface area contributed by atoms with Gasteiger partial charge in [0.15, 0.2) is 5.78 Å². The van der Waals surface area contributed by atoms with Gasteiger partial charge in [-0.05, 0) is 72.3 Å². The third-order valence-electron chi connectivity index (χ3n) is 4.74. The maximum absolute atomic E-state index is 12.4. The molecule has 0 saturated carbocycles. The number of hydrogen-bond donors (Lipinski definition) is 0. The van der Waals surface area contributed by atoms with Crippen LogP contribution in [0.15, 0.2) is 120 Å². The summed E-state index contributed by atoms with van der Waals surface area (Å²) >= 11 is 3.39. The summed E-state index contributed by atoms with van der Waals surface area (Å²) in [6, 6.07) is 36.1. The van der Waals surface area contributed by atoms with E-state index in [-0.39, 0.29) is 5.78 Å². The zero-order valence-corrected chi connectivity index (χ0v) is 17.9. The number of benzene rings is 4. The van der Waals surface area contributed by atoms with Gasteiger partial charge in [0.25, 0.3) is 0 Å². The van der Waals surface area contributed by atoms with Gasteiger partial charge in [0.2, 0.25) is 0 Å². The van der Waals surface area contributed by atoms with Crippen LogP contribution >= 0.6 is 15.9 Å². The van der Waals surface area contributed by atoms with Crippen LogP contribution < -0.4 is 4.90 Å². The first-order chi connectivity index (χ1) is 14.7. The minimum absolute atomic E-state index is 0.0122. The minimum atomic E-state index is -0.0122. The third-order valence-corrected chi connectivity index (χ3v) is 5.26. The fourth-order valence-corrected chi connectivity index (χ4v) is 3.48. The molecule has 4 aromatic carbocycles. The molecule has 146 valence electrons. The van der Waals surface area contributed by atoms with Gasteiger partial charge >= 0.3 is 0 Å². The summed E-state index contributed by atoms with van der Waals surface area (Å²) < 4.78 is 0.958. The fraction of sp³-hybridized carbons (Fsp3) is 0. The summed E-state index contributed by atoms with van der Waals surface area (Å²) in [5, 5.41) is 0. The number of anilines is 3. The number of para-hydroxylation sites is 2. The van der Waals surface area contributed by atoms with Gasteiger partial charge in [0.1, 0.15) is 0 Å². The van der Waals surface area contributed by atoms with Gasteiger partial charge in [-0.2, -0.15) is 0 Å². The molecular weight excluding hydrogens is 434 g/mol. The Morgan fingerprint density at radius 2 is 1.13 bits per heavy atom.